The molecule has 0 aromatic rings. The molecule has 0 heterocycles. The Bertz CT molecular complexity index is 192. The molecule has 0 amide bonds. The number of halogens is 3. The molecule has 14 heavy (non-hydrogen) atoms. The Kier molecular flexibility index (Phi) is 3.98. The molecule has 1 nitrogen and oxygen atoms in total. The van der Waals surface area contributed by atoms with Crippen molar-refractivity contribution in [3.63, 3.8) is 0 Å². The fourth-order valence-electron chi connectivity index (χ4n) is 1.84. The van der Waals surface area contributed by atoms with Gasteiger partial charge in [0.25, 0.3) is 0 Å². The molecule has 1 unspecified atom stereocenters. The summed E-state index contributed by atoms with van der Waals surface area (Å²) in [4.78, 5) is 0. The van der Waals surface area contributed by atoms with Crippen molar-refractivity contribution in [2.45, 2.75) is 44.4 Å². The molecule has 0 spiro atoms. The Balaban J connectivity index is 2.40. The molecule has 82 valence electrons. The number of alkyl halides is 3. The molecule has 1 atom stereocenters. The van der Waals surface area contributed by atoms with Crippen LogP contribution in [0.4, 0.5) is 13.2 Å². The van der Waals surface area contributed by atoms with Crippen LogP contribution in [0.2, 0.25) is 0 Å². The Morgan fingerprint density at radius 2 is 1.71 bits per heavy atom. The van der Waals surface area contributed by atoms with Crippen LogP contribution in [-0.4, -0.2) is 17.4 Å². The summed E-state index contributed by atoms with van der Waals surface area (Å²) in [5.41, 5.74) is 0. The third-order valence-corrected chi connectivity index (χ3v) is 2.62. The highest BCUT2D eigenvalue weighted by atomic mass is 19.4. The van der Waals surface area contributed by atoms with E-state index in [4.69, 9.17) is 0 Å². The van der Waals surface area contributed by atoms with Crippen molar-refractivity contribution in [1.29, 1.82) is 0 Å². The summed E-state index contributed by atoms with van der Waals surface area (Å²) in [5, 5.41) is 9.45. The van der Waals surface area contributed by atoms with Gasteiger partial charge in [-0.15, -0.1) is 0 Å². The van der Waals surface area contributed by atoms with Gasteiger partial charge in [0.2, 0.25) is 0 Å². The molecule has 1 aliphatic carbocycles. The Hall–Kier alpha value is -0.510. The minimum Gasteiger partial charge on any atom is -0.389 e. The number of aliphatic hydroxyl groups excluding tert-OH is 1. The quantitative estimate of drug-likeness (QED) is 0.691. The van der Waals surface area contributed by atoms with Crippen LogP contribution in [0.3, 0.4) is 0 Å². The van der Waals surface area contributed by atoms with E-state index in [1.165, 1.54) is 0 Å². The van der Waals surface area contributed by atoms with Crippen LogP contribution in [0.25, 0.3) is 0 Å². The van der Waals surface area contributed by atoms with Crippen molar-refractivity contribution in [1.82, 2.24) is 0 Å². The van der Waals surface area contributed by atoms with Gasteiger partial charge < -0.3 is 5.11 Å². The maximum atomic E-state index is 11.8. The first-order chi connectivity index (χ1) is 6.49. The van der Waals surface area contributed by atoms with E-state index < -0.39 is 12.3 Å². The first-order valence-corrected chi connectivity index (χ1v) is 4.93. The average molecular weight is 208 g/mol. The second-order valence-corrected chi connectivity index (χ2v) is 3.79. The standard InChI is InChI=1S/C10H15F3O/c11-10(12,13)7-6-9(14)8-4-2-1-3-5-8/h6-9,14H,1-5H2/b7-6-. The SMILES string of the molecule is OC(/C=C\C(F)(F)F)C1CCCCC1. The maximum Gasteiger partial charge on any atom is 0.409 e. The second kappa shape index (κ2) is 4.82. The lowest BCUT2D eigenvalue weighted by Crippen LogP contribution is -2.21. The van der Waals surface area contributed by atoms with Gasteiger partial charge in [0, 0.05) is 6.08 Å². The van der Waals surface area contributed by atoms with Gasteiger partial charge in [-0.3, -0.25) is 0 Å². The van der Waals surface area contributed by atoms with E-state index >= 15 is 0 Å². The topological polar surface area (TPSA) is 20.2 Å². The Morgan fingerprint density at radius 3 is 2.21 bits per heavy atom. The largest absolute Gasteiger partial charge is 0.409 e. The summed E-state index contributed by atoms with van der Waals surface area (Å²) in [6.45, 7) is 0. The zero-order valence-electron chi connectivity index (χ0n) is 7.93. The molecular formula is C10H15F3O. The maximum absolute atomic E-state index is 11.8. The predicted octanol–water partition coefficient (Wildman–Crippen LogP) is 3.05. The molecule has 0 bridgehead atoms. The van der Waals surface area contributed by atoms with E-state index in [2.05, 4.69) is 0 Å². The number of allylic oxidation sites excluding steroid dienone is 1. The van der Waals surface area contributed by atoms with Crippen LogP contribution in [0.5, 0.6) is 0 Å². The fourth-order valence-corrected chi connectivity index (χ4v) is 1.84. The summed E-state index contributed by atoms with van der Waals surface area (Å²) in [6.07, 6.45) is 0.594. The summed E-state index contributed by atoms with van der Waals surface area (Å²) in [7, 11) is 0. The van der Waals surface area contributed by atoms with E-state index in [1.807, 2.05) is 0 Å². The Morgan fingerprint density at radius 1 is 1.14 bits per heavy atom. The molecule has 0 aliphatic heterocycles. The van der Waals surface area contributed by atoms with Gasteiger partial charge in [-0.05, 0) is 18.8 Å². The molecule has 1 fully saturated rings. The van der Waals surface area contributed by atoms with E-state index in [0.29, 0.717) is 0 Å². The van der Waals surface area contributed by atoms with Crippen LogP contribution in [0, 0.1) is 5.92 Å². The lowest BCUT2D eigenvalue weighted by atomic mass is 9.85. The normalized spacial score (nSPS) is 22.9. The molecule has 0 saturated heterocycles. The molecule has 1 saturated carbocycles. The number of hydrogen-bond acceptors (Lipinski definition) is 1. The smallest absolute Gasteiger partial charge is 0.389 e. The van der Waals surface area contributed by atoms with Gasteiger partial charge in [-0.1, -0.05) is 25.3 Å². The molecule has 0 aromatic carbocycles. The molecular weight excluding hydrogens is 193 g/mol. The number of aliphatic hydroxyl groups is 1. The van der Waals surface area contributed by atoms with Crippen LogP contribution in [-0.2, 0) is 0 Å². The second-order valence-electron chi connectivity index (χ2n) is 3.79. The molecule has 1 aliphatic rings. The van der Waals surface area contributed by atoms with E-state index in [1.54, 1.807) is 0 Å². The highest BCUT2D eigenvalue weighted by molar-refractivity contribution is 4.96. The van der Waals surface area contributed by atoms with Crippen molar-refractivity contribution in [2.24, 2.45) is 5.92 Å². The predicted molar refractivity (Wildman–Crippen MR) is 47.8 cm³/mol. The Labute approximate surface area is 81.6 Å². The van der Waals surface area contributed by atoms with Crippen molar-refractivity contribution in [3.05, 3.63) is 12.2 Å². The summed E-state index contributed by atoms with van der Waals surface area (Å²) in [5.74, 6) is 0.0161. The van der Waals surface area contributed by atoms with E-state index in [0.717, 1.165) is 38.2 Å². The summed E-state index contributed by atoms with van der Waals surface area (Å²) >= 11 is 0. The van der Waals surface area contributed by atoms with Gasteiger partial charge in [0.15, 0.2) is 0 Å². The third-order valence-electron chi connectivity index (χ3n) is 2.62. The van der Waals surface area contributed by atoms with Crippen molar-refractivity contribution in [2.75, 3.05) is 0 Å². The minimum absolute atomic E-state index is 0.0161. The van der Waals surface area contributed by atoms with Crippen molar-refractivity contribution >= 4 is 0 Å². The van der Waals surface area contributed by atoms with Gasteiger partial charge in [-0.25, -0.2) is 0 Å². The lowest BCUT2D eigenvalue weighted by molar-refractivity contribution is -0.0808. The molecule has 0 aromatic heterocycles. The molecule has 4 heteroatoms. The van der Waals surface area contributed by atoms with Crippen LogP contribution >= 0.6 is 0 Å². The first-order valence-electron chi connectivity index (χ1n) is 4.93. The van der Waals surface area contributed by atoms with Gasteiger partial charge in [0.05, 0.1) is 6.10 Å². The first kappa shape index (κ1) is 11.6. The van der Waals surface area contributed by atoms with E-state index in [-0.39, 0.29) is 12.0 Å². The van der Waals surface area contributed by atoms with Crippen LogP contribution in [0.1, 0.15) is 32.1 Å². The van der Waals surface area contributed by atoms with Crippen LogP contribution < -0.4 is 0 Å². The van der Waals surface area contributed by atoms with Gasteiger partial charge in [0.1, 0.15) is 0 Å². The van der Waals surface area contributed by atoms with Crippen LogP contribution in [0.15, 0.2) is 12.2 Å². The zero-order chi connectivity index (χ0) is 10.6. The highest BCUT2D eigenvalue weighted by Crippen LogP contribution is 2.27. The van der Waals surface area contributed by atoms with Gasteiger partial charge in [-0.2, -0.15) is 13.2 Å². The number of hydrogen-bond donors (Lipinski definition) is 1. The number of rotatable bonds is 2. The highest BCUT2D eigenvalue weighted by Gasteiger charge is 2.25. The summed E-state index contributed by atoms with van der Waals surface area (Å²) in [6, 6.07) is 0. The van der Waals surface area contributed by atoms with Crippen molar-refractivity contribution < 1.29 is 18.3 Å². The minimum atomic E-state index is -4.31. The average Bonchev–Trinajstić information content (AvgIpc) is 2.14. The molecule has 0 radical (unpaired) electrons. The van der Waals surface area contributed by atoms with E-state index in [9.17, 15) is 18.3 Å². The fraction of sp³-hybridized carbons (Fsp3) is 0.800. The van der Waals surface area contributed by atoms with Gasteiger partial charge >= 0.3 is 6.18 Å². The molecule has 1 rings (SSSR count). The third kappa shape index (κ3) is 4.13. The lowest BCUT2D eigenvalue weighted by Gasteiger charge is -2.24. The summed E-state index contributed by atoms with van der Waals surface area (Å²) < 4.78 is 35.4. The monoisotopic (exact) mass is 208 g/mol. The zero-order valence-corrected chi connectivity index (χ0v) is 7.93. The molecule has 1 N–H and O–H groups in total. The van der Waals surface area contributed by atoms with Crippen molar-refractivity contribution in [3.8, 4) is 0 Å².